The summed E-state index contributed by atoms with van der Waals surface area (Å²) in [6.07, 6.45) is 5.12. The molecule has 0 bridgehead atoms. The maximum absolute atomic E-state index is 13.5. The summed E-state index contributed by atoms with van der Waals surface area (Å²) in [5.74, 6) is -0.662. The maximum Gasteiger partial charge on any atom is 0.244 e. The van der Waals surface area contributed by atoms with Gasteiger partial charge in [0.2, 0.25) is 21.8 Å². The molecule has 2 aromatic carbocycles. The quantitative estimate of drug-likeness (QED) is 0.512. The van der Waals surface area contributed by atoms with Gasteiger partial charge in [-0.3, -0.25) is 13.9 Å². The highest BCUT2D eigenvalue weighted by Gasteiger charge is 2.31. The molecule has 34 heavy (non-hydrogen) atoms. The van der Waals surface area contributed by atoms with E-state index in [1.807, 2.05) is 31.2 Å². The van der Waals surface area contributed by atoms with E-state index in [0.717, 1.165) is 51.8 Å². The summed E-state index contributed by atoms with van der Waals surface area (Å²) in [5, 5.41) is 3.06. The fraction of sp³-hybridized carbons (Fsp3) is 0.440. The average molecular weight is 551 g/mol. The smallest absolute Gasteiger partial charge is 0.244 e. The summed E-state index contributed by atoms with van der Waals surface area (Å²) in [5.41, 5.74) is 2.35. The number of carbonyl (C=O) groups is 2. The number of amides is 2. The highest BCUT2D eigenvalue weighted by Crippen LogP contribution is 2.22. The predicted octanol–water partition coefficient (Wildman–Crippen LogP) is 4.00. The van der Waals surface area contributed by atoms with Gasteiger partial charge in [0.15, 0.2) is 0 Å². The predicted molar refractivity (Wildman–Crippen MR) is 138 cm³/mol. The average Bonchev–Trinajstić information content (AvgIpc) is 3.29. The zero-order valence-corrected chi connectivity index (χ0v) is 22.2. The van der Waals surface area contributed by atoms with E-state index in [4.69, 9.17) is 0 Å². The van der Waals surface area contributed by atoms with Gasteiger partial charge in [0.1, 0.15) is 12.6 Å². The lowest BCUT2D eigenvalue weighted by molar-refractivity contribution is -0.139. The third kappa shape index (κ3) is 7.06. The summed E-state index contributed by atoms with van der Waals surface area (Å²) >= 11 is 3.34. The van der Waals surface area contributed by atoms with Crippen molar-refractivity contribution in [2.24, 2.45) is 0 Å². The minimum atomic E-state index is -3.73. The van der Waals surface area contributed by atoms with Gasteiger partial charge in [-0.2, -0.15) is 0 Å². The van der Waals surface area contributed by atoms with Crippen LogP contribution in [0.2, 0.25) is 0 Å². The van der Waals surface area contributed by atoms with Crippen LogP contribution in [0.1, 0.15) is 43.7 Å². The Labute approximate surface area is 210 Å². The molecule has 184 valence electrons. The lowest BCUT2D eigenvalue weighted by atomic mass is 10.1. The van der Waals surface area contributed by atoms with Crippen LogP contribution in [0.25, 0.3) is 0 Å². The molecule has 1 atom stereocenters. The van der Waals surface area contributed by atoms with Crippen molar-refractivity contribution in [1.29, 1.82) is 0 Å². The molecule has 0 radical (unpaired) electrons. The zero-order chi connectivity index (χ0) is 24.9. The van der Waals surface area contributed by atoms with Crippen molar-refractivity contribution in [3.05, 3.63) is 64.1 Å². The van der Waals surface area contributed by atoms with Gasteiger partial charge in [-0.1, -0.05) is 58.6 Å². The maximum atomic E-state index is 13.5. The number of hydrogen-bond donors (Lipinski definition) is 1. The summed E-state index contributed by atoms with van der Waals surface area (Å²) in [4.78, 5) is 28.0. The first-order chi connectivity index (χ1) is 16.0. The first-order valence-electron chi connectivity index (χ1n) is 11.4. The van der Waals surface area contributed by atoms with Crippen molar-refractivity contribution >= 4 is 43.5 Å². The number of nitrogens with zero attached hydrogens (tertiary/aromatic N) is 2. The van der Waals surface area contributed by atoms with Gasteiger partial charge >= 0.3 is 0 Å². The molecule has 0 unspecified atom stereocenters. The number of benzene rings is 2. The van der Waals surface area contributed by atoms with Crippen LogP contribution in [0.15, 0.2) is 53.0 Å². The molecule has 0 aromatic heterocycles. The Kier molecular flexibility index (Phi) is 8.76. The molecule has 0 saturated heterocycles. The minimum absolute atomic E-state index is 0.126. The van der Waals surface area contributed by atoms with E-state index >= 15 is 0 Å². The van der Waals surface area contributed by atoms with Crippen LogP contribution in [0, 0.1) is 6.92 Å². The van der Waals surface area contributed by atoms with Gasteiger partial charge in [-0.25, -0.2) is 8.42 Å². The Hall–Kier alpha value is -2.39. The number of aryl methyl sites for hydroxylation is 1. The first kappa shape index (κ1) is 26.2. The Morgan fingerprint density at radius 2 is 1.65 bits per heavy atom. The second kappa shape index (κ2) is 11.4. The number of halogens is 1. The molecule has 9 heteroatoms. The molecular formula is C25H32BrN3O4S. The highest BCUT2D eigenvalue weighted by molar-refractivity contribution is 9.10. The molecule has 0 aliphatic heterocycles. The van der Waals surface area contributed by atoms with Gasteiger partial charge in [-0.05, 0) is 56.5 Å². The molecule has 0 spiro atoms. The molecule has 1 saturated carbocycles. The Bertz CT molecular complexity index is 1100. The molecule has 0 heterocycles. The molecular weight excluding hydrogens is 518 g/mol. The molecule has 1 fully saturated rings. The van der Waals surface area contributed by atoms with Crippen LogP contribution < -0.4 is 9.62 Å². The minimum Gasteiger partial charge on any atom is -0.352 e. The van der Waals surface area contributed by atoms with Gasteiger partial charge in [0.05, 0.1) is 11.9 Å². The number of rotatable bonds is 9. The van der Waals surface area contributed by atoms with Gasteiger partial charge in [0, 0.05) is 17.1 Å². The molecule has 2 amide bonds. The van der Waals surface area contributed by atoms with Crippen molar-refractivity contribution in [1.82, 2.24) is 10.2 Å². The monoisotopic (exact) mass is 549 g/mol. The number of nitrogens with one attached hydrogen (secondary N) is 1. The van der Waals surface area contributed by atoms with E-state index in [1.54, 1.807) is 31.2 Å². The summed E-state index contributed by atoms with van der Waals surface area (Å²) in [6.45, 7) is 3.48. The van der Waals surface area contributed by atoms with E-state index in [1.165, 1.54) is 4.90 Å². The molecule has 7 nitrogen and oxygen atoms in total. The van der Waals surface area contributed by atoms with Gasteiger partial charge in [0.25, 0.3) is 0 Å². The lowest BCUT2D eigenvalue weighted by Gasteiger charge is -2.32. The summed E-state index contributed by atoms with van der Waals surface area (Å²) in [7, 11) is -3.73. The molecule has 2 aromatic rings. The second-order valence-corrected chi connectivity index (χ2v) is 11.7. The van der Waals surface area contributed by atoms with Crippen molar-refractivity contribution in [3.63, 3.8) is 0 Å². The van der Waals surface area contributed by atoms with E-state index < -0.39 is 28.5 Å². The second-order valence-electron chi connectivity index (χ2n) is 8.92. The van der Waals surface area contributed by atoms with Gasteiger partial charge in [-0.15, -0.1) is 0 Å². The van der Waals surface area contributed by atoms with Crippen LogP contribution in [-0.4, -0.2) is 50.0 Å². The van der Waals surface area contributed by atoms with E-state index in [9.17, 15) is 18.0 Å². The number of hydrogen-bond acceptors (Lipinski definition) is 4. The molecule has 1 aliphatic carbocycles. The topological polar surface area (TPSA) is 86.8 Å². The van der Waals surface area contributed by atoms with Crippen molar-refractivity contribution in [2.45, 2.75) is 58.2 Å². The molecule has 1 N–H and O–H groups in total. The van der Waals surface area contributed by atoms with Crippen molar-refractivity contribution < 1.29 is 18.0 Å². The van der Waals surface area contributed by atoms with Crippen molar-refractivity contribution in [3.8, 4) is 0 Å². The van der Waals surface area contributed by atoms with E-state index in [-0.39, 0.29) is 18.5 Å². The Balaban J connectivity index is 1.86. The third-order valence-electron chi connectivity index (χ3n) is 6.14. The van der Waals surface area contributed by atoms with Crippen LogP contribution in [-0.2, 0) is 26.2 Å². The number of carbonyl (C=O) groups excluding carboxylic acids is 2. The standard InChI is InChI=1S/C25H32BrN3O4S/c1-18-8-10-20(11-9-18)16-28(19(2)25(31)27-22-6-4-5-7-22)24(30)17-29(34(3,32)33)23-14-12-21(26)13-15-23/h8-15,19,22H,4-7,16-17H2,1-3H3,(H,27,31)/t19-/m0/s1. The normalized spacial score (nSPS) is 15.1. The van der Waals surface area contributed by atoms with Crippen LogP contribution in [0.5, 0.6) is 0 Å². The van der Waals surface area contributed by atoms with Crippen LogP contribution in [0.3, 0.4) is 0 Å². The Morgan fingerprint density at radius 1 is 1.06 bits per heavy atom. The SMILES string of the molecule is Cc1ccc(CN(C(=O)CN(c2ccc(Br)cc2)S(C)(=O)=O)[C@@H](C)C(=O)NC2CCCC2)cc1. The summed E-state index contributed by atoms with van der Waals surface area (Å²) < 4.78 is 27.0. The lowest BCUT2D eigenvalue weighted by Crippen LogP contribution is -2.52. The third-order valence-corrected chi connectivity index (χ3v) is 7.81. The fourth-order valence-electron chi connectivity index (χ4n) is 4.09. The van der Waals surface area contributed by atoms with Gasteiger partial charge < -0.3 is 10.2 Å². The largest absolute Gasteiger partial charge is 0.352 e. The zero-order valence-electron chi connectivity index (χ0n) is 19.8. The van der Waals surface area contributed by atoms with Crippen molar-refractivity contribution in [2.75, 3.05) is 17.1 Å². The summed E-state index contributed by atoms with van der Waals surface area (Å²) in [6, 6.07) is 13.8. The van der Waals surface area contributed by atoms with Crippen LogP contribution in [0.4, 0.5) is 5.69 Å². The Morgan fingerprint density at radius 3 is 2.21 bits per heavy atom. The first-order valence-corrected chi connectivity index (χ1v) is 14.1. The highest BCUT2D eigenvalue weighted by atomic mass is 79.9. The molecule has 1 aliphatic rings. The molecule has 3 rings (SSSR count). The fourth-order valence-corrected chi connectivity index (χ4v) is 5.20. The van der Waals surface area contributed by atoms with Crippen LogP contribution >= 0.6 is 15.9 Å². The number of sulfonamides is 1. The van der Waals surface area contributed by atoms with E-state index in [2.05, 4.69) is 21.2 Å². The van der Waals surface area contributed by atoms with E-state index in [0.29, 0.717) is 5.69 Å². The number of anilines is 1.